The van der Waals surface area contributed by atoms with E-state index in [2.05, 4.69) is 10.6 Å². The summed E-state index contributed by atoms with van der Waals surface area (Å²) in [5.41, 5.74) is -1.65. The largest absolute Gasteiger partial charge is 0.477 e. The molecule has 1 saturated heterocycles. The second kappa shape index (κ2) is 6.35. The van der Waals surface area contributed by atoms with E-state index >= 15 is 4.39 Å². The highest BCUT2D eigenvalue weighted by Crippen LogP contribution is 2.39. The first-order chi connectivity index (χ1) is 12.5. The third-order valence-electron chi connectivity index (χ3n) is 5.07. The van der Waals surface area contributed by atoms with Gasteiger partial charge in [0.05, 0.1) is 10.9 Å². The number of halogens is 2. The molecule has 1 saturated carbocycles. The van der Waals surface area contributed by atoms with Gasteiger partial charge in [-0.05, 0) is 38.3 Å². The van der Waals surface area contributed by atoms with Crippen LogP contribution in [0.3, 0.4) is 0 Å². The van der Waals surface area contributed by atoms with E-state index in [4.69, 9.17) is 0 Å². The van der Waals surface area contributed by atoms with Crippen LogP contribution in [0.1, 0.15) is 42.1 Å². The van der Waals surface area contributed by atoms with Crippen molar-refractivity contribution in [3.63, 3.8) is 0 Å². The number of hydrogen-bond donors (Lipinski definition) is 3. The van der Waals surface area contributed by atoms with Gasteiger partial charge in [-0.25, -0.2) is 13.6 Å². The Hall–Kier alpha value is -2.48. The van der Waals surface area contributed by atoms with E-state index in [1.54, 1.807) is 0 Å². The number of benzene rings is 1. The van der Waals surface area contributed by atoms with Crippen LogP contribution in [-0.4, -0.2) is 34.8 Å². The fraction of sp³-hybridized carbons (Fsp3) is 0.444. The van der Waals surface area contributed by atoms with Crippen LogP contribution < -0.4 is 16.1 Å². The average molecular weight is 363 g/mol. The van der Waals surface area contributed by atoms with E-state index < -0.39 is 28.6 Å². The summed E-state index contributed by atoms with van der Waals surface area (Å²) in [7, 11) is 0. The topological polar surface area (TPSA) is 83.4 Å². The van der Waals surface area contributed by atoms with Gasteiger partial charge in [0.15, 0.2) is 5.82 Å². The van der Waals surface area contributed by atoms with Crippen LogP contribution in [0.25, 0.3) is 10.9 Å². The Labute approximate surface area is 147 Å². The van der Waals surface area contributed by atoms with Crippen molar-refractivity contribution in [1.29, 1.82) is 0 Å². The molecular formula is C18H19F2N3O3. The van der Waals surface area contributed by atoms with Crippen LogP contribution in [-0.2, 0) is 0 Å². The molecule has 2 fully saturated rings. The molecule has 1 aromatic heterocycles. The van der Waals surface area contributed by atoms with Gasteiger partial charge in [-0.1, -0.05) is 0 Å². The molecule has 0 amide bonds. The number of aromatic carboxylic acids is 1. The van der Waals surface area contributed by atoms with E-state index in [1.807, 2.05) is 0 Å². The van der Waals surface area contributed by atoms with Gasteiger partial charge in [0.2, 0.25) is 5.43 Å². The molecule has 2 aromatic rings. The number of aromatic nitrogens is 1. The molecule has 2 heterocycles. The predicted octanol–water partition coefficient (Wildman–Crippen LogP) is 2.48. The zero-order valence-electron chi connectivity index (χ0n) is 14.0. The van der Waals surface area contributed by atoms with Crippen molar-refractivity contribution < 1.29 is 18.7 Å². The van der Waals surface area contributed by atoms with Crippen LogP contribution in [0.4, 0.5) is 14.5 Å². The minimum atomic E-state index is -1.40. The summed E-state index contributed by atoms with van der Waals surface area (Å²) < 4.78 is 31.1. The summed E-state index contributed by atoms with van der Waals surface area (Å²) in [4.78, 5) is 23.7. The van der Waals surface area contributed by atoms with Crippen molar-refractivity contribution in [2.45, 2.75) is 37.8 Å². The molecule has 26 heavy (non-hydrogen) atoms. The maximum absolute atomic E-state index is 15.1. The van der Waals surface area contributed by atoms with Crippen molar-refractivity contribution in [2.75, 3.05) is 18.4 Å². The third kappa shape index (κ3) is 2.84. The fourth-order valence-electron chi connectivity index (χ4n) is 3.55. The number of anilines is 1. The highest BCUT2D eigenvalue weighted by molar-refractivity contribution is 5.93. The van der Waals surface area contributed by atoms with Gasteiger partial charge in [0, 0.05) is 24.8 Å². The Balaban J connectivity index is 1.85. The minimum Gasteiger partial charge on any atom is -0.477 e. The van der Waals surface area contributed by atoms with Gasteiger partial charge < -0.3 is 20.3 Å². The summed E-state index contributed by atoms with van der Waals surface area (Å²) in [6.45, 7) is 1.26. The van der Waals surface area contributed by atoms with Gasteiger partial charge in [0.1, 0.15) is 17.1 Å². The number of carbonyl (C=O) groups is 1. The zero-order chi connectivity index (χ0) is 18.4. The molecule has 6 nitrogen and oxygen atoms in total. The average Bonchev–Trinajstić information content (AvgIpc) is 3.31. The molecule has 4 rings (SSSR count). The lowest BCUT2D eigenvalue weighted by molar-refractivity contribution is 0.0695. The van der Waals surface area contributed by atoms with Crippen LogP contribution in [0.15, 0.2) is 17.1 Å². The number of carboxylic acid groups (broad SMARTS) is 1. The summed E-state index contributed by atoms with van der Waals surface area (Å²) in [6, 6.07) is 1.02. The molecule has 0 spiro atoms. The number of hydrogen-bond acceptors (Lipinski definition) is 4. The molecule has 2 aliphatic rings. The summed E-state index contributed by atoms with van der Waals surface area (Å²) >= 11 is 0. The second-order valence-corrected chi connectivity index (χ2v) is 6.93. The lowest BCUT2D eigenvalue weighted by atomic mass is 10.1. The van der Waals surface area contributed by atoms with Gasteiger partial charge in [0.25, 0.3) is 0 Å². The first kappa shape index (κ1) is 17.0. The molecule has 3 N–H and O–H groups in total. The van der Waals surface area contributed by atoms with Gasteiger partial charge in [-0.3, -0.25) is 4.79 Å². The molecule has 1 unspecified atom stereocenters. The molecule has 138 valence electrons. The Morgan fingerprint density at radius 3 is 2.73 bits per heavy atom. The SMILES string of the molecule is O=C(O)c1cn(C2CC2)c2c(F)c(NCC3CCCN3)c(F)cc2c1=O. The Morgan fingerprint density at radius 1 is 1.35 bits per heavy atom. The Morgan fingerprint density at radius 2 is 2.12 bits per heavy atom. The monoisotopic (exact) mass is 363 g/mol. The normalized spacial score (nSPS) is 19.8. The molecule has 1 atom stereocenters. The van der Waals surface area contributed by atoms with Crippen LogP contribution in [0, 0.1) is 11.6 Å². The van der Waals surface area contributed by atoms with Crippen molar-refractivity contribution in [1.82, 2.24) is 9.88 Å². The molecule has 1 aliphatic carbocycles. The lowest BCUT2D eigenvalue weighted by Gasteiger charge is -2.17. The minimum absolute atomic E-state index is 0.0363. The summed E-state index contributed by atoms with van der Waals surface area (Å²) in [5, 5.41) is 15.0. The number of pyridine rings is 1. The standard InChI is InChI=1S/C18H19F2N3O3/c19-13-6-11-16(14(20)15(13)22-7-9-2-1-5-21-9)23(10-3-4-10)8-12(17(11)24)18(25)26/h6,8-10,21-22H,1-5,7H2,(H,25,26). The number of rotatable bonds is 5. The molecule has 1 aliphatic heterocycles. The molecule has 0 radical (unpaired) electrons. The van der Waals surface area contributed by atoms with E-state index in [0.717, 1.165) is 38.3 Å². The van der Waals surface area contributed by atoms with Crippen molar-refractivity contribution in [3.05, 3.63) is 39.7 Å². The fourth-order valence-corrected chi connectivity index (χ4v) is 3.55. The van der Waals surface area contributed by atoms with Gasteiger partial charge in [-0.2, -0.15) is 0 Å². The lowest BCUT2D eigenvalue weighted by Crippen LogP contribution is -2.30. The van der Waals surface area contributed by atoms with Crippen LogP contribution in [0.5, 0.6) is 0 Å². The van der Waals surface area contributed by atoms with Crippen LogP contribution >= 0.6 is 0 Å². The smallest absolute Gasteiger partial charge is 0.341 e. The van der Waals surface area contributed by atoms with E-state index in [-0.39, 0.29) is 28.7 Å². The predicted molar refractivity (Wildman–Crippen MR) is 92.9 cm³/mol. The second-order valence-electron chi connectivity index (χ2n) is 6.93. The first-order valence-electron chi connectivity index (χ1n) is 8.74. The first-order valence-corrected chi connectivity index (χ1v) is 8.74. The van der Waals surface area contributed by atoms with Gasteiger partial charge in [-0.15, -0.1) is 0 Å². The molecular weight excluding hydrogens is 344 g/mol. The molecule has 8 heteroatoms. The van der Waals surface area contributed by atoms with E-state index in [9.17, 15) is 19.1 Å². The Kier molecular flexibility index (Phi) is 4.14. The Bertz CT molecular complexity index is 947. The zero-order valence-corrected chi connectivity index (χ0v) is 14.0. The highest BCUT2D eigenvalue weighted by Gasteiger charge is 2.30. The quantitative estimate of drug-likeness (QED) is 0.760. The van der Waals surface area contributed by atoms with Gasteiger partial charge >= 0.3 is 5.97 Å². The number of fused-ring (bicyclic) bond motifs is 1. The van der Waals surface area contributed by atoms with Crippen molar-refractivity contribution >= 4 is 22.6 Å². The number of nitrogens with zero attached hydrogens (tertiary/aromatic N) is 1. The van der Waals surface area contributed by atoms with E-state index in [0.29, 0.717) is 6.54 Å². The molecule has 1 aromatic carbocycles. The number of carboxylic acids is 1. The number of nitrogens with one attached hydrogen (secondary N) is 2. The van der Waals surface area contributed by atoms with Crippen LogP contribution in [0.2, 0.25) is 0 Å². The maximum Gasteiger partial charge on any atom is 0.341 e. The highest BCUT2D eigenvalue weighted by atomic mass is 19.1. The summed E-state index contributed by atoms with van der Waals surface area (Å²) in [5.74, 6) is -3.14. The molecule has 0 bridgehead atoms. The maximum atomic E-state index is 15.1. The van der Waals surface area contributed by atoms with Crippen molar-refractivity contribution in [2.24, 2.45) is 0 Å². The third-order valence-corrected chi connectivity index (χ3v) is 5.07. The van der Waals surface area contributed by atoms with E-state index in [1.165, 1.54) is 10.8 Å². The summed E-state index contributed by atoms with van der Waals surface area (Å²) in [6.07, 6.45) is 4.66. The van der Waals surface area contributed by atoms with Crippen molar-refractivity contribution in [3.8, 4) is 0 Å².